The highest BCUT2D eigenvalue weighted by Gasteiger charge is 2.29. The smallest absolute Gasteiger partial charge is 0.225 e. The third kappa shape index (κ3) is 2.58. The molecule has 2 aliphatic heterocycles. The van der Waals surface area contributed by atoms with Crippen LogP contribution in [0.25, 0.3) is 0 Å². The van der Waals surface area contributed by atoms with E-state index in [-0.39, 0.29) is 0 Å². The summed E-state index contributed by atoms with van der Waals surface area (Å²) in [5.74, 6) is 0.875. The molecule has 2 fully saturated rings. The number of aromatic nitrogens is 2. The largest absolute Gasteiger partial charge is 0.338 e. The molecule has 0 radical (unpaired) electrons. The van der Waals surface area contributed by atoms with Gasteiger partial charge in [-0.25, -0.2) is 9.97 Å². The fraction of sp³-hybridized carbons (Fsp3) is 0.714. The molecule has 2 aliphatic rings. The maximum absolute atomic E-state index is 5.67. The second kappa shape index (κ2) is 5.43. The number of piperidine rings is 1. The Morgan fingerprint density at radius 2 is 2.21 bits per heavy atom. The molecule has 0 aliphatic carbocycles. The monoisotopic (exact) mass is 261 g/mol. The Balaban J connectivity index is 1.74. The van der Waals surface area contributed by atoms with E-state index in [2.05, 4.69) is 19.8 Å². The topological polar surface area (TPSA) is 58.3 Å². The first-order valence-corrected chi connectivity index (χ1v) is 7.29. The molecule has 3 heterocycles. The molecule has 19 heavy (non-hydrogen) atoms. The number of nitrogens with two attached hydrogens (primary N) is 1. The Kier molecular flexibility index (Phi) is 3.66. The molecule has 0 bridgehead atoms. The zero-order valence-corrected chi connectivity index (χ0v) is 11.7. The van der Waals surface area contributed by atoms with Gasteiger partial charge in [-0.15, -0.1) is 0 Å². The lowest BCUT2D eigenvalue weighted by Crippen LogP contribution is -2.55. The van der Waals surface area contributed by atoms with Crippen LogP contribution in [0.1, 0.15) is 30.5 Å². The molecule has 0 aromatic carbocycles. The molecule has 2 N–H and O–H groups in total. The maximum atomic E-state index is 5.67. The van der Waals surface area contributed by atoms with Gasteiger partial charge in [0.05, 0.1) is 0 Å². The normalized spacial score (nSPS) is 24.3. The number of rotatable bonds is 2. The molecule has 2 saturated heterocycles. The second-order valence-electron chi connectivity index (χ2n) is 5.62. The van der Waals surface area contributed by atoms with Crippen LogP contribution in [0.15, 0.2) is 6.20 Å². The molecule has 3 rings (SSSR count). The minimum absolute atomic E-state index is 0.516. The van der Waals surface area contributed by atoms with Crippen LogP contribution < -0.4 is 10.6 Å². The van der Waals surface area contributed by atoms with Crippen LogP contribution in [0, 0.1) is 6.92 Å². The van der Waals surface area contributed by atoms with E-state index in [1.165, 1.54) is 25.8 Å². The van der Waals surface area contributed by atoms with E-state index < -0.39 is 0 Å². The van der Waals surface area contributed by atoms with Crippen molar-refractivity contribution in [2.75, 3.05) is 31.1 Å². The van der Waals surface area contributed by atoms with Crippen molar-refractivity contribution in [1.82, 2.24) is 14.9 Å². The lowest BCUT2D eigenvalue weighted by molar-refractivity contribution is 0.133. The summed E-state index contributed by atoms with van der Waals surface area (Å²) in [6, 6.07) is 0.695. The highest BCUT2D eigenvalue weighted by molar-refractivity contribution is 5.34. The Labute approximate surface area is 114 Å². The van der Waals surface area contributed by atoms with Crippen LogP contribution in [-0.4, -0.2) is 47.1 Å². The Morgan fingerprint density at radius 1 is 1.32 bits per heavy atom. The molecule has 104 valence electrons. The molecule has 5 nitrogen and oxygen atoms in total. The SMILES string of the molecule is Cc1nc(N2CCN3CCCCC3C2)ncc1CN. The molecule has 5 heteroatoms. The minimum atomic E-state index is 0.516. The fourth-order valence-corrected chi connectivity index (χ4v) is 3.17. The van der Waals surface area contributed by atoms with Gasteiger partial charge >= 0.3 is 0 Å². The molecule has 1 unspecified atom stereocenters. The van der Waals surface area contributed by atoms with Crippen molar-refractivity contribution >= 4 is 5.95 Å². The van der Waals surface area contributed by atoms with E-state index in [9.17, 15) is 0 Å². The number of hydrogen-bond acceptors (Lipinski definition) is 5. The Morgan fingerprint density at radius 3 is 3.00 bits per heavy atom. The molecule has 0 amide bonds. The summed E-state index contributed by atoms with van der Waals surface area (Å²) in [4.78, 5) is 14.1. The summed E-state index contributed by atoms with van der Waals surface area (Å²) < 4.78 is 0. The van der Waals surface area contributed by atoms with Crippen LogP contribution in [0.2, 0.25) is 0 Å². The first-order chi connectivity index (χ1) is 9.28. The summed E-state index contributed by atoms with van der Waals surface area (Å²) >= 11 is 0. The van der Waals surface area contributed by atoms with Crippen LogP contribution >= 0.6 is 0 Å². The van der Waals surface area contributed by atoms with Gasteiger partial charge in [0.1, 0.15) is 0 Å². The van der Waals surface area contributed by atoms with Crippen LogP contribution in [0.5, 0.6) is 0 Å². The molecule has 0 spiro atoms. The van der Waals surface area contributed by atoms with Crippen LogP contribution in [0.4, 0.5) is 5.95 Å². The molecule has 1 aromatic rings. The van der Waals surface area contributed by atoms with Crippen molar-refractivity contribution < 1.29 is 0 Å². The van der Waals surface area contributed by atoms with Gasteiger partial charge in [-0.2, -0.15) is 0 Å². The highest BCUT2D eigenvalue weighted by Crippen LogP contribution is 2.23. The predicted molar refractivity (Wildman–Crippen MR) is 76.1 cm³/mol. The fourth-order valence-electron chi connectivity index (χ4n) is 3.17. The first kappa shape index (κ1) is 12.8. The van der Waals surface area contributed by atoms with E-state index in [0.717, 1.165) is 36.8 Å². The molecular formula is C14H23N5. The van der Waals surface area contributed by atoms with Gasteiger partial charge in [-0.3, -0.25) is 4.90 Å². The Hall–Kier alpha value is -1.20. The average molecular weight is 261 g/mol. The van der Waals surface area contributed by atoms with Crippen LogP contribution in [0.3, 0.4) is 0 Å². The first-order valence-electron chi connectivity index (χ1n) is 7.29. The number of nitrogens with zero attached hydrogens (tertiary/aromatic N) is 4. The van der Waals surface area contributed by atoms with Gasteiger partial charge in [0.15, 0.2) is 0 Å². The standard InChI is InChI=1S/C14H23N5/c1-11-12(8-15)9-16-14(17-11)19-7-6-18-5-3-2-4-13(18)10-19/h9,13H,2-8,10,15H2,1H3. The molecule has 0 saturated carbocycles. The maximum Gasteiger partial charge on any atom is 0.225 e. The summed E-state index contributed by atoms with van der Waals surface area (Å²) in [5.41, 5.74) is 7.72. The van der Waals surface area contributed by atoms with Crippen molar-refractivity contribution in [1.29, 1.82) is 0 Å². The lowest BCUT2D eigenvalue weighted by Gasteiger charge is -2.44. The zero-order chi connectivity index (χ0) is 13.2. The summed E-state index contributed by atoms with van der Waals surface area (Å²) in [7, 11) is 0. The minimum Gasteiger partial charge on any atom is -0.338 e. The summed E-state index contributed by atoms with van der Waals surface area (Å²) in [5, 5.41) is 0. The van der Waals surface area contributed by atoms with Crippen molar-refractivity contribution in [3.8, 4) is 0 Å². The van der Waals surface area contributed by atoms with E-state index >= 15 is 0 Å². The zero-order valence-electron chi connectivity index (χ0n) is 11.7. The van der Waals surface area contributed by atoms with Gasteiger partial charge in [0, 0.05) is 49.7 Å². The van der Waals surface area contributed by atoms with E-state index in [4.69, 9.17) is 5.73 Å². The van der Waals surface area contributed by atoms with Crippen molar-refractivity contribution in [2.45, 2.75) is 38.8 Å². The van der Waals surface area contributed by atoms with Gasteiger partial charge in [-0.1, -0.05) is 6.42 Å². The third-order valence-electron chi connectivity index (χ3n) is 4.41. The molecule has 1 atom stereocenters. The average Bonchev–Trinajstić information content (AvgIpc) is 2.46. The van der Waals surface area contributed by atoms with Gasteiger partial charge in [-0.05, 0) is 26.3 Å². The van der Waals surface area contributed by atoms with Gasteiger partial charge in [0.2, 0.25) is 5.95 Å². The summed E-state index contributed by atoms with van der Waals surface area (Å²) in [6.45, 7) is 7.06. The number of fused-ring (bicyclic) bond motifs is 1. The van der Waals surface area contributed by atoms with E-state index in [1.807, 2.05) is 13.1 Å². The highest BCUT2D eigenvalue weighted by atomic mass is 15.3. The predicted octanol–water partition coefficient (Wildman–Crippen LogP) is 0.918. The number of aryl methyl sites for hydroxylation is 1. The van der Waals surface area contributed by atoms with Gasteiger partial charge < -0.3 is 10.6 Å². The molecule has 1 aromatic heterocycles. The van der Waals surface area contributed by atoms with E-state index in [0.29, 0.717) is 12.6 Å². The number of anilines is 1. The van der Waals surface area contributed by atoms with Crippen molar-refractivity contribution in [2.24, 2.45) is 5.73 Å². The summed E-state index contributed by atoms with van der Waals surface area (Å²) in [6.07, 6.45) is 5.92. The number of piperazine rings is 1. The van der Waals surface area contributed by atoms with Gasteiger partial charge in [0.25, 0.3) is 0 Å². The van der Waals surface area contributed by atoms with E-state index in [1.54, 1.807) is 0 Å². The third-order valence-corrected chi connectivity index (χ3v) is 4.41. The quantitative estimate of drug-likeness (QED) is 0.858. The second-order valence-corrected chi connectivity index (χ2v) is 5.62. The molecular weight excluding hydrogens is 238 g/mol. The van der Waals surface area contributed by atoms with Crippen LogP contribution in [-0.2, 0) is 6.54 Å². The lowest BCUT2D eigenvalue weighted by atomic mass is 10.00. The van der Waals surface area contributed by atoms with Crippen molar-refractivity contribution in [3.63, 3.8) is 0 Å². The van der Waals surface area contributed by atoms with Crippen molar-refractivity contribution in [3.05, 3.63) is 17.5 Å². The Bertz CT molecular complexity index is 447. The number of hydrogen-bond donors (Lipinski definition) is 1.